The first-order chi connectivity index (χ1) is 12.4. The molecule has 0 saturated heterocycles. The van der Waals surface area contributed by atoms with E-state index >= 15 is 0 Å². The van der Waals surface area contributed by atoms with Crippen molar-refractivity contribution in [3.05, 3.63) is 64.2 Å². The highest BCUT2D eigenvalue weighted by atomic mass is 16.5. The van der Waals surface area contributed by atoms with E-state index in [2.05, 4.69) is 38.2 Å². The van der Waals surface area contributed by atoms with Gasteiger partial charge < -0.3 is 15.0 Å². The molecule has 4 rings (SSSR count). The SMILES string of the molecule is Cc1cc(C)c2c(c1)CC2(C)CC(=O)NCC1OB(O)c2ccccc21. The highest BCUT2D eigenvalue weighted by Gasteiger charge is 2.41. The molecule has 26 heavy (non-hydrogen) atoms. The first-order valence-electron chi connectivity index (χ1n) is 9.17. The Kier molecular flexibility index (Phi) is 4.16. The summed E-state index contributed by atoms with van der Waals surface area (Å²) in [4.78, 5) is 12.6. The van der Waals surface area contributed by atoms with Crippen molar-refractivity contribution in [3.63, 3.8) is 0 Å². The van der Waals surface area contributed by atoms with Crippen molar-refractivity contribution in [1.29, 1.82) is 0 Å². The van der Waals surface area contributed by atoms with E-state index in [1.165, 1.54) is 22.3 Å². The molecule has 4 nitrogen and oxygen atoms in total. The Morgan fingerprint density at radius 1 is 1.35 bits per heavy atom. The van der Waals surface area contributed by atoms with Gasteiger partial charge in [0.25, 0.3) is 0 Å². The first-order valence-corrected chi connectivity index (χ1v) is 9.17. The zero-order chi connectivity index (χ0) is 18.5. The van der Waals surface area contributed by atoms with Crippen LogP contribution in [0.2, 0.25) is 0 Å². The van der Waals surface area contributed by atoms with Crippen molar-refractivity contribution in [3.8, 4) is 0 Å². The lowest BCUT2D eigenvalue weighted by molar-refractivity contribution is -0.122. The molecule has 5 heteroatoms. The minimum absolute atomic E-state index is 0.0283. The van der Waals surface area contributed by atoms with Crippen molar-refractivity contribution in [2.45, 2.75) is 45.1 Å². The second-order valence-corrected chi connectivity index (χ2v) is 7.94. The number of carbonyl (C=O) groups is 1. The second kappa shape index (κ2) is 6.25. The summed E-state index contributed by atoms with van der Waals surface area (Å²) in [6, 6.07) is 12.0. The van der Waals surface area contributed by atoms with Gasteiger partial charge in [0.2, 0.25) is 5.91 Å². The van der Waals surface area contributed by atoms with Gasteiger partial charge in [-0.2, -0.15) is 0 Å². The largest absolute Gasteiger partial charge is 0.492 e. The number of carbonyl (C=O) groups excluding carboxylic acids is 1. The van der Waals surface area contributed by atoms with Gasteiger partial charge in [-0.3, -0.25) is 4.79 Å². The molecular formula is C21H24BNO3. The average molecular weight is 349 g/mol. The normalized spacial score (nSPS) is 23.2. The lowest BCUT2D eigenvalue weighted by Gasteiger charge is -2.42. The third-order valence-corrected chi connectivity index (χ3v) is 5.68. The van der Waals surface area contributed by atoms with Gasteiger partial charge in [-0.15, -0.1) is 0 Å². The summed E-state index contributed by atoms with van der Waals surface area (Å²) in [5.41, 5.74) is 6.90. The molecule has 2 unspecified atom stereocenters. The fourth-order valence-corrected chi connectivity index (χ4v) is 4.72. The molecule has 0 spiro atoms. The number of hydrogen-bond donors (Lipinski definition) is 2. The van der Waals surface area contributed by atoms with Crippen LogP contribution in [-0.4, -0.2) is 24.6 Å². The minimum atomic E-state index is -0.907. The van der Waals surface area contributed by atoms with E-state index in [9.17, 15) is 9.82 Å². The van der Waals surface area contributed by atoms with E-state index in [1.54, 1.807) is 0 Å². The molecule has 2 aromatic carbocycles. The number of nitrogens with one attached hydrogen (secondary N) is 1. The van der Waals surface area contributed by atoms with Gasteiger partial charge in [-0.05, 0) is 48.0 Å². The Balaban J connectivity index is 1.40. The quantitative estimate of drug-likeness (QED) is 0.831. The van der Waals surface area contributed by atoms with Gasteiger partial charge in [0.05, 0.1) is 6.10 Å². The maximum Gasteiger partial charge on any atom is 0.492 e. The summed E-state index contributed by atoms with van der Waals surface area (Å²) in [6.07, 6.45) is 1.12. The van der Waals surface area contributed by atoms with Crippen LogP contribution in [0.1, 0.15) is 47.3 Å². The van der Waals surface area contributed by atoms with Crippen LogP contribution in [0.3, 0.4) is 0 Å². The predicted octanol–water partition coefficient (Wildman–Crippen LogP) is 2.08. The Hall–Kier alpha value is -2.11. The van der Waals surface area contributed by atoms with Crippen LogP contribution in [0.4, 0.5) is 0 Å². The number of fused-ring (bicyclic) bond motifs is 2. The van der Waals surface area contributed by atoms with E-state index in [0.29, 0.717) is 13.0 Å². The monoisotopic (exact) mass is 349 g/mol. The van der Waals surface area contributed by atoms with Gasteiger partial charge in [0, 0.05) is 18.4 Å². The van der Waals surface area contributed by atoms with Gasteiger partial charge in [0.15, 0.2) is 0 Å². The van der Waals surface area contributed by atoms with Crippen LogP contribution in [0.5, 0.6) is 0 Å². The molecule has 134 valence electrons. The van der Waals surface area contributed by atoms with Gasteiger partial charge in [0.1, 0.15) is 0 Å². The number of aryl methyl sites for hydroxylation is 2. The van der Waals surface area contributed by atoms with E-state index in [4.69, 9.17) is 4.65 Å². The van der Waals surface area contributed by atoms with Crippen molar-refractivity contribution in [2.75, 3.05) is 6.54 Å². The van der Waals surface area contributed by atoms with E-state index in [-0.39, 0.29) is 17.4 Å². The summed E-state index contributed by atoms with van der Waals surface area (Å²) < 4.78 is 5.58. The smallest absolute Gasteiger partial charge is 0.423 e. The van der Waals surface area contributed by atoms with Crippen molar-refractivity contribution in [1.82, 2.24) is 5.32 Å². The zero-order valence-corrected chi connectivity index (χ0v) is 15.5. The number of rotatable bonds is 4. The third kappa shape index (κ3) is 2.85. The van der Waals surface area contributed by atoms with Crippen molar-refractivity contribution >= 4 is 18.5 Å². The predicted molar refractivity (Wildman–Crippen MR) is 102 cm³/mol. The summed E-state index contributed by atoms with van der Waals surface area (Å²) >= 11 is 0. The van der Waals surface area contributed by atoms with Crippen molar-refractivity contribution in [2.24, 2.45) is 0 Å². The number of amides is 1. The topological polar surface area (TPSA) is 58.6 Å². The summed E-state index contributed by atoms with van der Waals surface area (Å²) in [7, 11) is -0.907. The second-order valence-electron chi connectivity index (χ2n) is 7.94. The Morgan fingerprint density at radius 3 is 2.88 bits per heavy atom. The van der Waals surface area contributed by atoms with Crippen LogP contribution in [0, 0.1) is 13.8 Å². The van der Waals surface area contributed by atoms with Crippen LogP contribution < -0.4 is 10.8 Å². The van der Waals surface area contributed by atoms with Crippen LogP contribution in [-0.2, 0) is 21.3 Å². The first kappa shape index (κ1) is 17.3. The van der Waals surface area contributed by atoms with E-state index in [1.807, 2.05) is 24.3 Å². The summed E-state index contributed by atoms with van der Waals surface area (Å²) in [6.45, 7) is 6.79. The van der Waals surface area contributed by atoms with Crippen molar-refractivity contribution < 1.29 is 14.5 Å². The Bertz CT molecular complexity index is 864. The van der Waals surface area contributed by atoms with Crippen LogP contribution >= 0.6 is 0 Å². The fourth-order valence-electron chi connectivity index (χ4n) is 4.72. The zero-order valence-electron chi connectivity index (χ0n) is 15.5. The molecule has 2 aliphatic rings. The molecule has 0 saturated carbocycles. The highest BCUT2D eigenvalue weighted by Crippen LogP contribution is 2.45. The lowest BCUT2D eigenvalue weighted by Crippen LogP contribution is -2.42. The van der Waals surface area contributed by atoms with Gasteiger partial charge >= 0.3 is 7.12 Å². The molecule has 1 aliphatic carbocycles. The van der Waals surface area contributed by atoms with Crippen LogP contribution in [0.15, 0.2) is 36.4 Å². The number of benzene rings is 2. The molecule has 2 atom stereocenters. The Morgan fingerprint density at radius 2 is 2.12 bits per heavy atom. The molecule has 2 aromatic rings. The molecule has 0 bridgehead atoms. The molecule has 1 amide bonds. The summed E-state index contributed by atoms with van der Waals surface area (Å²) in [5.74, 6) is 0.0283. The Labute approximate surface area is 154 Å². The molecular weight excluding hydrogens is 325 g/mol. The standard InChI is InChI=1S/C21H24BNO3/c1-13-8-14(2)20-15(9-13)10-21(20,3)11-19(24)23-12-18-16-6-4-5-7-17(16)22(25)26-18/h4-9,18,25H,10-12H2,1-3H3,(H,23,24). The maximum absolute atomic E-state index is 12.6. The molecule has 0 radical (unpaired) electrons. The highest BCUT2D eigenvalue weighted by molar-refractivity contribution is 6.61. The van der Waals surface area contributed by atoms with Gasteiger partial charge in [-0.25, -0.2) is 0 Å². The molecule has 1 aliphatic heterocycles. The van der Waals surface area contributed by atoms with Gasteiger partial charge in [-0.1, -0.05) is 48.9 Å². The molecule has 0 fully saturated rings. The van der Waals surface area contributed by atoms with E-state index in [0.717, 1.165) is 17.4 Å². The molecule has 2 N–H and O–H groups in total. The lowest BCUT2D eigenvalue weighted by atomic mass is 9.61. The average Bonchev–Trinajstić information content (AvgIpc) is 2.88. The minimum Gasteiger partial charge on any atom is -0.423 e. The molecule has 0 aromatic heterocycles. The molecule has 1 heterocycles. The summed E-state index contributed by atoms with van der Waals surface area (Å²) in [5, 5.41) is 13.0. The van der Waals surface area contributed by atoms with Crippen LogP contribution in [0.25, 0.3) is 0 Å². The third-order valence-electron chi connectivity index (χ3n) is 5.68. The maximum atomic E-state index is 12.6. The van der Waals surface area contributed by atoms with E-state index < -0.39 is 7.12 Å². The fraction of sp³-hybridized carbons (Fsp3) is 0.381. The number of hydrogen-bond acceptors (Lipinski definition) is 3.